The van der Waals surface area contributed by atoms with Crippen LogP contribution in [-0.4, -0.2) is 5.78 Å². The van der Waals surface area contributed by atoms with E-state index < -0.39 is 0 Å². The minimum atomic E-state index is 0.274. The molecule has 0 aliphatic heterocycles. The molecule has 0 amide bonds. The highest BCUT2D eigenvalue weighted by Gasteiger charge is 2.55. The molecule has 0 spiro atoms. The second-order valence-corrected chi connectivity index (χ2v) is 5.15. The molecule has 3 aliphatic rings. The van der Waals surface area contributed by atoms with Crippen LogP contribution in [0.3, 0.4) is 0 Å². The van der Waals surface area contributed by atoms with Crippen LogP contribution in [0.5, 0.6) is 0 Å². The number of carbonyl (C=O) groups excluding carboxylic acids is 1. The van der Waals surface area contributed by atoms with Crippen molar-refractivity contribution in [2.45, 2.75) is 33.1 Å². The Morgan fingerprint density at radius 3 is 2.62 bits per heavy atom. The first-order valence-electron chi connectivity index (χ1n) is 5.23. The number of rotatable bonds is 2. The van der Waals surface area contributed by atoms with E-state index in [1.807, 2.05) is 0 Å². The van der Waals surface area contributed by atoms with E-state index in [4.69, 9.17) is 0 Å². The van der Waals surface area contributed by atoms with Crippen molar-refractivity contribution in [3.8, 4) is 0 Å². The van der Waals surface area contributed by atoms with Crippen LogP contribution < -0.4 is 0 Å². The summed E-state index contributed by atoms with van der Waals surface area (Å²) in [4.78, 5) is 11.6. The van der Waals surface area contributed by atoms with Gasteiger partial charge in [0, 0.05) is 5.92 Å². The first-order valence-corrected chi connectivity index (χ1v) is 5.23. The quantitative estimate of drug-likeness (QED) is 0.594. The number of allylic oxidation sites excluding steroid dienone is 1. The van der Waals surface area contributed by atoms with Crippen LogP contribution in [0.1, 0.15) is 33.1 Å². The van der Waals surface area contributed by atoms with Gasteiger partial charge >= 0.3 is 0 Å². The van der Waals surface area contributed by atoms with Crippen LogP contribution >= 0.6 is 0 Å². The zero-order valence-corrected chi connectivity index (χ0v) is 8.55. The molecule has 1 heteroatoms. The van der Waals surface area contributed by atoms with Crippen molar-refractivity contribution < 1.29 is 4.79 Å². The molecule has 0 heterocycles. The lowest BCUT2D eigenvalue weighted by molar-refractivity contribution is -0.141. The first kappa shape index (κ1) is 8.98. The Bertz CT molecular complexity index is 250. The summed E-state index contributed by atoms with van der Waals surface area (Å²) in [6, 6.07) is 0. The SMILES string of the molecule is C=CC(=O)C1CC[C@H]2C[C@@H]1C2(C)C. The van der Waals surface area contributed by atoms with Crippen molar-refractivity contribution in [1.82, 2.24) is 0 Å². The topological polar surface area (TPSA) is 17.1 Å². The zero-order valence-electron chi connectivity index (χ0n) is 8.55. The Kier molecular flexibility index (Phi) is 1.86. The number of fused-ring (bicyclic) bond motifs is 2. The summed E-state index contributed by atoms with van der Waals surface area (Å²) in [5.74, 6) is 2.08. The van der Waals surface area contributed by atoms with E-state index in [1.54, 1.807) is 0 Å². The molecule has 0 aromatic rings. The van der Waals surface area contributed by atoms with E-state index >= 15 is 0 Å². The highest BCUT2D eigenvalue weighted by Crippen LogP contribution is 2.61. The second kappa shape index (κ2) is 2.70. The lowest BCUT2D eigenvalue weighted by atomic mass is 9.45. The fourth-order valence-electron chi connectivity index (χ4n) is 3.30. The van der Waals surface area contributed by atoms with Crippen LogP contribution in [0, 0.1) is 23.2 Å². The minimum Gasteiger partial charge on any atom is -0.295 e. The molecule has 3 aliphatic carbocycles. The third kappa shape index (κ3) is 1.09. The third-order valence-corrected chi connectivity index (χ3v) is 4.42. The Labute approximate surface area is 80.2 Å². The van der Waals surface area contributed by atoms with Crippen molar-refractivity contribution in [1.29, 1.82) is 0 Å². The molecule has 1 nitrogen and oxygen atoms in total. The van der Waals surface area contributed by atoms with Gasteiger partial charge in [0.15, 0.2) is 5.78 Å². The van der Waals surface area contributed by atoms with Crippen molar-refractivity contribution in [2.75, 3.05) is 0 Å². The summed E-state index contributed by atoms with van der Waals surface area (Å²) < 4.78 is 0. The monoisotopic (exact) mass is 178 g/mol. The van der Waals surface area contributed by atoms with Gasteiger partial charge in [-0.3, -0.25) is 4.79 Å². The van der Waals surface area contributed by atoms with Crippen LogP contribution in [0.4, 0.5) is 0 Å². The van der Waals surface area contributed by atoms with Gasteiger partial charge in [0.25, 0.3) is 0 Å². The predicted octanol–water partition coefficient (Wildman–Crippen LogP) is 2.81. The summed E-state index contributed by atoms with van der Waals surface area (Å²) in [5.41, 5.74) is 0.418. The van der Waals surface area contributed by atoms with Crippen molar-refractivity contribution in [3.63, 3.8) is 0 Å². The van der Waals surface area contributed by atoms with Gasteiger partial charge in [0.1, 0.15) is 0 Å². The minimum absolute atomic E-state index is 0.274. The Morgan fingerprint density at radius 1 is 1.46 bits per heavy atom. The summed E-state index contributed by atoms with van der Waals surface area (Å²) in [6.45, 7) is 8.21. The van der Waals surface area contributed by atoms with E-state index in [1.165, 1.54) is 18.9 Å². The maximum Gasteiger partial charge on any atom is 0.158 e. The van der Waals surface area contributed by atoms with E-state index in [-0.39, 0.29) is 11.7 Å². The molecular formula is C12H18O. The van der Waals surface area contributed by atoms with Crippen molar-refractivity contribution in [3.05, 3.63) is 12.7 Å². The predicted molar refractivity (Wildman–Crippen MR) is 53.3 cm³/mol. The highest BCUT2D eigenvalue weighted by molar-refractivity contribution is 5.91. The van der Waals surface area contributed by atoms with E-state index in [0.29, 0.717) is 11.3 Å². The molecule has 0 N–H and O–H groups in total. The summed E-state index contributed by atoms with van der Waals surface area (Å²) in [5, 5.41) is 0. The summed E-state index contributed by atoms with van der Waals surface area (Å²) >= 11 is 0. The average Bonchev–Trinajstić information content (AvgIpc) is 2.16. The van der Waals surface area contributed by atoms with Gasteiger partial charge in [-0.25, -0.2) is 0 Å². The Hall–Kier alpha value is -0.590. The zero-order chi connectivity index (χ0) is 9.64. The van der Waals surface area contributed by atoms with Crippen molar-refractivity contribution in [2.24, 2.45) is 23.2 Å². The van der Waals surface area contributed by atoms with Gasteiger partial charge in [-0.15, -0.1) is 0 Å². The maximum atomic E-state index is 11.6. The van der Waals surface area contributed by atoms with Gasteiger partial charge in [-0.1, -0.05) is 20.4 Å². The van der Waals surface area contributed by atoms with Gasteiger partial charge in [-0.05, 0) is 42.6 Å². The van der Waals surface area contributed by atoms with E-state index in [9.17, 15) is 4.79 Å². The number of hydrogen-bond acceptors (Lipinski definition) is 1. The lowest BCUT2D eigenvalue weighted by Crippen LogP contribution is -2.53. The van der Waals surface area contributed by atoms with Crippen LogP contribution in [0.25, 0.3) is 0 Å². The molecule has 3 atom stereocenters. The van der Waals surface area contributed by atoms with Crippen LogP contribution in [0.15, 0.2) is 12.7 Å². The number of carbonyl (C=O) groups is 1. The van der Waals surface area contributed by atoms with Gasteiger partial charge < -0.3 is 0 Å². The molecule has 3 saturated carbocycles. The first-order chi connectivity index (χ1) is 6.07. The fourth-order valence-corrected chi connectivity index (χ4v) is 3.30. The number of hydrogen-bond donors (Lipinski definition) is 0. The van der Waals surface area contributed by atoms with Crippen LogP contribution in [0.2, 0.25) is 0 Å². The second-order valence-electron chi connectivity index (χ2n) is 5.15. The van der Waals surface area contributed by atoms with E-state index in [2.05, 4.69) is 20.4 Å². The molecule has 1 unspecified atom stereocenters. The maximum absolute atomic E-state index is 11.6. The fraction of sp³-hybridized carbons (Fsp3) is 0.750. The largest absolute Gasteiger partial charge is 0.295 e. The lowest BCUT2D eigenvalue weighted by Gasteiger charge is -2.59. The smallest absolute Gasteiger partial charge is 0.158 e. The average molecular weight is 178 g/mol. The third-order valence-electron chi connectivity index (χ3n) is 4.42. The molecule has 72 valence electrons. The van der Waals surface area contributed by atoms with Gasteiger partial charge in [-0.2, -0.15) is 0 Å². The molecule has 0 aromatic heterocycles. The molecule has 13 heavy (non-hydrogen) atoms. The standard InChI is InChI=1S/C12H18O/c1-4-11(13)9-6-5-8-7-10(9)12(8,2)3/h4,8-10H,1,5-7H2,2-3H3/t8-,9?,10-/m0/s1. The molecule has 0 aromatic carbocycles. The Morgan fingerprint density at radius 2 is 2.15 bits per heavy atom. The Balaban J connectivity index is 2.15. The number of ketones is 1. The highest BCUT2D eigenvalue weighted by atomic mass is 16.1. The van der Waals surface area contributed by atoms with E-state index in [0.717, 1.165) is 12.3 Å². The molecule has 0 saturated heterocycles. The van der Waals surface area contributed by atoms with Crippen molar-refractivity contribution >= 4 is 5.78 Å². The van der Waals surface area contributed by atoms with Crippen LogP contribution in [-0.2, 0) is 4.79 Å². The molecule has 2 bridgehead atoms. The molecule has 3 fully saturated rings. The van der Waals surface area contributed by atoms with Gasteiger partial charge in [0.05, 0.1) is 0 Å². The molecule has 0 radical (unpaired) electrons. The normalized spacial score (nSPS) is 40.6. The summed E-state index contributed by atoms with van der Waals surface area (Å²) in [7, 11) is 0. The van der Waals surface area contributed by atoms with Gasteiger partial charge in [0.2, 0.25) is 0 Å². The summed E-state index contributed by atoms with van der Waals surface area (Å²) in [6.07, 6.45) is 5.13. The molecular weight excluding hydrogens is 160 g/mol. The molecule has 3 rings (SSSR count).